The largest absolute Gasteiger partial charge is 0.480 e. The number of carbonyl (C=O) groups is 1. The van der Waals surface area contributed by atoms with Crippen molar-refractivity contribution < 1.29 is 9.90 Å². The SMILES string of the molecule is CC1CC(C)C23CCCC2N(C)[C@H](C(=O)O)C13. The minimum absolute atomic E-state index is 0.236. The smallest absolute Gasteiger partial charge is 0.321 e. The topological polar surface area (TPSA) is 40.5 Å². The van der Waals surface area contributed by atoms with E-state index < -0.39 is 5.97 Å². The lowest BCUT2D eigenvalue weighted by Gasteiger charge is -2.35. The van der Waals surface area contributed by atoms with Crippen molar-refractivity contribution in [1.82, 2.24) is 4.90 Å². The number of aliphatic carboxylic acids is 1. The summed E-state index contributed by atoms with van der Waals surface area (Å²) in [4.78, 5) is 13.8. The Hall–Kier alpha value is -0.570. The molecule has 3 rings (SSSR count). The molecule has 2 saturated carbocycles. The van der Waals surface area contributed by atoms with Gasteiger partial charge in [0.15, 0.2) is 0 Å². The fourth-order valence-electron chi connectivity index (χ4n) is 5.75. The first-order valence-corrected chi connectivity index (χ1v) is 6.95. The van der Waals surface area contributed by atoms with Gasteiger partial charge >= 0.3 is 5.97 Å². The highest BCUT2D eigenvalue weighted by Gasteiger charge is 2.67. The Labute approximate surface area is 103 Å². The van der Waals surface area contributed by atoms with Gasteiger partial charge < -0.3 is 5.11 Å². The fraction of sp³-hybridized carbons (Fsp3) is 0.929. The lowest BCUT2D eigenvalue weighted by Crippen LogP contribution is -2.41. The lowest BCUT2D eigenvalue weighted by atomic mass is 9.69. The Morgan fingerprint density at radius 2 is 2.12 bits per heavy atom. The Bertz CT molecular complexity index is 356. The molecule has 1 N–H and O–H groups in total. The molecule has 5 unspecified atom stereocenters. The molecule has 3 aliphatic rings. The van der Waals surface area contributed by atoms with Gasteiger partial charge in [-0.2, -0.15) is 0 Å². The third kappa shape index (κ3) is 1.19. The van der Waals surface area contributed by atoms with E-state index in [0.717, 1.165) is 0 Å². The maximum absolute atomic E-state index is 11.6. The minimum Gasteiger partial charge on any atom is -0.480 e. The predicted molar refractivity (Wildman–Crippen MR) is 65.7 cm³/mol. The molecule has 96 valence electrons. The molecule has 6 atom stereocenters. The molecule has 3 heteroatoms. The van der Waals surface area contributed by atoms with Crippen LogP contribution in [-0.2, 0) is 4.79 Å². The first-order valence-electron chi connectivity index (χ1n) is 6.95. The summed E-state index contributed by atoms with van der Waals surface area (Å²) >= 11 is 0. The van der Waals surface area contributed by atoms with Gasteiger partial charge in [0.05, 0.1) is 0 Å². The number of rotatable bonds is 1. The number of hydrogen-bond acceptors (Lipinski definition) is 2. The van der Waals surface area contributed by atoms with Crippen LogP contribution in [-0.4, -0.2) is 35.1 Å². The van der Waals surface area contributed by atoms with Crippen molar-refractivity contribution in [1.29, 1.82) is 0 Å². The zero-order valence-corrected chi connectivity index (χ0v) is 11.0. The van der Waals surface area contributed by atoms with Gasteiger partial charge in [-0.15, -0.1) is 0 Å². The van der Waals surface area contributed by atoms with Crippen molar-refractivity contribution in [2.45, 2.75) is 51.6 Å². The molecule has 1 aliphatic heterocycles. The number of carboxylic acids is 1. The van der Waals surface area contributed by atoms with Gasteiger partial charge in [0.1, 0.15) is 6.04 Å². The number of nitrogens with zero attached hydrogens (tertiary/aromatic N) is 1. The van der Waals surface area contributed by atoms with E-state index >= 15 is 0 Å². The van der Waals surface area contributed by atoms with Crippen molar-refractivity contribution in [3.8, 4) is 0 Å². The van der Waals surface area contributed by atoms with Crippen LogP contribution >= 0.6 is 0 Å². The van der Waals surface area contributed by atoms with Crippen LogP contribution in [0.25, 0.3) is 0 Å². The molecule has 0 aromatic heterocycles. The van der Waals surface area contributed by atoms with E-state index in [1.165, 1.54) is 25.7 Å². The van der Waals surface area contributed by atoms with Crippen molar-refractivity contribution in [2.24, 2.45) is 23.2 Å². The van der Waals surface area contributed by atoms with E-state index in [0.29, 0.717) is 29.2 Å². The average molecular weight is 237 g/mol. The Balaban J connectivity index is 2.08. The summed E-state index contributed by atoms with van der Waals surface area (Å²) in [5.74, 6) is 1.04. The first-order chi connectivity index (χ1) is 8.00. The van der Waals surface area contributed by atoms with E-state index in [9.17, 15) is 9.90 Å². The monoisotopic (exact) mass is 237 g/mol. The summed E-state index contributed by atoms with van der Waals surface area (Å²) in [5.41, 5.74) is 0.317. The minimum atomic E-state index is -0.604. The molecule has 1 spiro atoms. The number of carboxylic acid groups (broad SMARTS) is 1. The van der Waals surface area contributed by atoms with Crippen LogP contribution < -0.4 is 0 Å². The van der Waals surface area contributed by atoms with Crippen LogP contribution in [0.5, 0.6) is 0 Å². The molecule has 17 heavy (non-hydrogen) atoms. The normalized spacial score (nSPS) is 53.7. The lowest BCUT2D eigenvalue weighted by molar-refractivity contribution is -0.144. The van der Waals surface area contributed by atoms with Gasteiger partial charge in [-0.1, -0.05) is 20.3 Å². The van der Waals surface area contributed by atoms with Crippen molar-refractivity contribution in [3.05, 3.63) is 0 Å². The van der Waals surface area contributed by atoms with Gasteiger partial charge in [0.2, 0.25) is 0 Å². The quantitative estimate of drug-likeness (QED) is 0.760. The molecule has 0 amide bonds. The fourth-order valence-corrected chi connectivity index (χ4v) is 5.75. The number of likely N-dealkylation sites (tertiary alicyclic amines) is 1. The molecule has 3 fully saturated rings. The average Bonchev–Trinajstić information content (AvgIpc) is 2.82. The molecule has 2 aliphatic carbocycles. The molecule has 1 heterocycles. The molecule has 1 saturated heterocycles. The standard InChI is InChI=1S/C14H23NO2/c1-8-7-9(2)14-6-4-5-10(14)15(3)12(11(8)14)13(16)17/h8-12H,4-7H2,1-3H3,(H,16,17)/t8?,9?,10?,11?,12-,14?/m0/s1. The number of hydrogen-bond donors (Lipinski definition) is 1. The van der Waals surface area contributed by atoms with Gasteiger partial charge in [0.25, 0.3) is 0 Å². The molecule has 0 aromatic carbocycles. The second-order valence-electron chi connectivity index (χ2n) is 6.61. The number of likely N-dealkylation sites (N-methyl/N-ethyl adjacent to an activating group) is 1. The summed E-state index contributed by atoms with van der Waals surface area (Å²) in [6.45, 7) is 4.62. The Kier molecular flexibility index (Phi) is 2.35. The summed E-state index contributed by atoms with van der Waals surface area (Å²) < 4.78 is 0. The summed E-state index contributed by atoms with van der Waals surface area (Å²) in [6.07, 6.45) is 4.96. The van der Waals surface area contributed by atoms with Gasteiger partial charge in [-0.3, -0.25) is 9.69 Å². The molecule has 0 aromatic rings. The van der Waals surface area contributed by atoms with Crippen LogP contribution in [0.4, 0.5) is 0 Å². The van der Waals surface area contributed by atoms with Gasteiger partial charge in [0, 0.05) is 6.04 Å². The summed E-state index contributed by atoms with van der Waals surface area (Å²) in [7, 11) is 2.04. The summed E-state index contributed by atoms with van der Waals surface area (Å²) in [5, 5.41) is 9.54. The van der Waals surface area contributed by atoms with Crippen molar-refractivity contribution in [2.75, 3.05) is 7.05 Å². The maximum Gasteiger partial charge on any atom is 0.321 e. The zero-order chi connectivity index (χ0) is 12.4. The van der Waals surface area contributed by atoms with Crippen LogP contribution in [0.2, 0.25) is 0 Å². The van der Waals surface area contributed by atoms with E-state index in [-0.39, 0.29) is 6.04 Å². The van der Waals surface area contributed by atoms with Crippen molar-refractivity contribution in [3.63, 3.8) is 0 Å². The second kappa shape index (κ2) is 3.47. The highest BCUT2D eigenvalue weighted by Crippen LogP contribution is 2.66. The van der Waals surface area contributed by atoms with Gasteiger partial charge in [-0.25, -0.2) is 0 Å². The van der Waals surface area contributed by atoms with Crippen LogP contribution in [0.1, 0.15) is 39.5 Å². The molecular weight excluding hydrogens is 214 g/mol. The molecule has 3 nitrogen and oxygen atoms in total. The van der Waals surface area contributed by atoms with Crippen molar-refractivity contribution >= 4 is 5.97 Å². The third-order valence-corrected chi connectivity index (χ3v) is 6.11. The van der Waals surface area contributed by atoms with E-state index in [1.54, 1.807) is 0 Å². The van der Waals surface area contributed by atoms with E-state index in [1.807, 2.05) is 7.05 Å². The molecule has 0 bridgehead atoms. The Morgan fingerprint density at radius 1 is 1.41 bits per heavy atom. The highest BCUT2D eigenvalue weighted by atomic mass is 16.4. The van der Waals surface area contributed by atoms with E-state index in [4.69, 9.17) is 0 Å². The summed E-state index contributed by atoms with van der Waals surface area (Å²) in [6, 6.07) is 0.286. The predicted octanol–water partition coefficient (Wildman–Crippen LogP) is 2.22. The highest BCUT2D eigenvalue weighted by molar-refractivity contribution is 5.75. The van der Waals surface area contributed by atoms with Gasteiger partial charge in [-0.05, 0) is 49.5 Å². The third-order valence-electron chi connectivity index (χ3n) is 6.11. The second-order valence-corrected chi connectivity index (χ2v) is 6.61. The van der Waals surface area contributed by atoms with Crippen LogP contribution in [0.3, 0.4) is 0 Å². The first kappa shape index (κ1) is 11.5. The van der Waals surface area contributed by atoms with E-state index in [2.05, 4.69) is 18.7 Å². The maximum atomic E-state index is 11.6. The van der Waals surface area contributed by atoms with Crippen LogP contribution in [0, 0.1) is 23.2 Å². The van der Waals surface area contributed by atoms with Crippen LogP contribution in [0.15, 0.2) is 0 Å². The molecule has 0 radical (unpaired) electrons. The Morgan fingerprint density at radius 3 is 2.76 bits per heavy atom. The zero-order valence-electron chi connectivity index (χ0n) is 11.0. The molecular formula is C14H23NO2.